The number of hydrogen-bond donors (Lipinski definition) is 4. The Morgan fingerprint density at radius 1 is 1.24 bits per heavy atom. The molecule has 0 aromatic heterocycles. The molecule has 1 saturated carbocycles. The van der Waals surface area contributed by atoms with Crippen LogP contribution in [-0.2, 0) is 24.0 Å². The van der Waals surface area contributed by atoms with E-state index in [0.29, 0.717) is 25.0 Å². The van der Waals surface area contributed by atoms with Crippen molar-refractivity contribution in [3.8, 4) is 0 Å². The minimum atomic E-state index is -1.48. The van der Waals surface area contributed by atoms with Crippen molar-refractivity contribution in [1.82, 2.24) is 10.6 Å². The number of aliphatic hydroxyl groups is 1. The number of carbonyl (C=O) groups is 5. The molecule has 1 aliphatic heterocycles. The van der Waals surface area contributed by atoms with Gasteiger partial charge < -0.3 is 16.2 Å². The highest BCUT2D eigenvalue weighted by Crippen LogP contribution is 2.51. The highest BCUT2D eigenvalue weighted by Gasteiger charge is 2.56. The second-order valence-electron chi connectivity index (χ2n) is 11.9. The Kier molecular flexibility index (Phi) is 11.2. The first kappa shape index (κ1) is 32.8. The number of carbonyl (C=O) groups excluding carboxylic acids is 5. The van der Waals surface area contributed by atoms with E-state index in [9.17, 15) is 29.1 Å². The van der Waals surface area contributed by atoms with Crippen LogP contribution in [0.1, 0.15) is 65.7 Å². The molecule has 3 rings (SSSR count). The SMILES string of the molecule is C=CC(CCCCC)C1=C(C(=O)C2C(C)C=CC3(O)CC(C(=O)NC(CCSC)C(N)=O)CC(C)C23)C(=O)NC1=O. The molecule has 4 amide bonds. The van der Waals surface area contributed by atoms with Gasteiger partial charge in [-0.25, -0.2) is 0 Å². The highest BCUT2D eigenvalue weighted by molar-refractivity contribution is 7.98. The lowest BCUT2D eigenvalue weighted by Crippen LogP contribution is -2.57. The van der Waals surface area contributed by atoms with Crippen LogP contribution in [0.2, 0.25) is 0 Å². The van der Waals surface area contributed by atoms with Crippen LogP contribution in [0.25, 0.3) is 0 Å². The molecule has 8 unspecified atom stereocenters. The standard InChI is InChI=1S/C31H45N3O6S/c1-6-8-9-10-19(7-2)23-24(30(39)34-29(23)38)26(35)22-17(3)11-13-31(40)16-20(15-18(4)25(22)31)28(37)33-21(27(32)36)12-14-41-5/h7,11,13,17-22,25,40H,2,6,8-10,12,14-16H2,1,3-5H3,(H2,32,36)(H,33,37)(H,34,38,39). The third-order valence-corrected chi connectivity index (χ3v) is 9.64. The monoisotopic (exact) mass is 587 g/mol. The van der Waals surface area contributed by atoms with Crippen LogP contribution < -0.4 is 16.4 Å². The van der Waals surface area contributed by atoms with E-state index in [1.807, 2.05) is 20.1 Å². The molecule has 0 saturated heterocycles. The quantitative estimate of drug-likeness (QED) is 0.105. The van der Waals surface area contributed by atoms with E-state index in [1.54, 1.807) is 30.0 Å². The number of ketones is 1. The zero-order chi connectivity index (χ0) is 30.5. The molecule has 0 bridgehead atoms. The Bertz CT molecular complexity index is 1130. The smallest absolute Gasteiger partial charge is 0.262 e. The maximum absolute atomic E-state index is 14.2. The van der Waals surface area contributed by atoms with Crippen LogP contribution in [0.5, 0.6) is 0 Å². The van der Waals surface area contributed by atoms with Crippen LogP contribution in [0.3, 0.4) is 0 Å². The van der Waals surface area contributed by atoms with Gasteiger partial charge in [0.1, 0.15) is 6.04 Å². The number of Topliss-reactive ketones (excluding diaryl/α,β-unsaturated/α-hetero) is 1. The molecule has 3 aliphatic rings. The fourth-order valence-corrected chi connectivity index (χ4v) is 7.42. The molecule has 8 atom stereocenters. The number of primary amides is 1. The van der Waals surface area contributed by atoms with Crippen molar-refractivity contribution >= 4 is 41.2 Å². The van der Waals surface area contributed by atoms with Crippen molar-refractivity contribution in [2.45, 2.75) is 77.4 Å². The molecule has 5 N–H and O–H groups in total. The normalized spacial score (nSPS) is 30.8. The number of imide groups is 1. The Balaban J connectivity index is 1.91. The van der Waals surface area contributed by atoms with Crippen molar-refractivity contribution in [2.75, 3.05) is 12.0 Å². The summed E-state index contributed by atoms with van der Waals surface area (Å²) in [5, 5.41) is 17.0. The van der Waals surface area contributed by atoms with E-state index in [4.69, 9.17) is 5.73 Å². The van der Waals surface area contributed by atoms with Crippen molar-refractivity contribution in [3.05, 3.63) is 36.0 Å². The average molecular weight is 588 g/mol. The van der Waals surface area contributed by atoms with Gasteiger partial charge in [0.05, 0.1) is 11.2 Å². The summed E-state index contributed by atoms with van der Waals surface area (Å²) in [6.45, 7) is 9.71. The van der Waals surface area contributed by atoms with Gasteiger partial charge >= 0.3 is 0 Å². The number of nitrogens with one attached hydrogen (secondary N) is 2. The minimum absolute atomic E-state index is 0.0676. The molecular weight excluding hydrogens is 542 g/mol. The lowest BCUT2D eigenvalue weighted by atomic mass is 9.55. The summed E-state index contributed by atoms with van der Waals surface area (Å²) in [7, 11) is 0. The third-order valence-electron chi connectivity index (χ3n) is 8.99. The van der Waals surface area contributed by atoms with Gasteiger partial charge in [0, 0.05) is 29.2 Å². The van der Waals surface area contributed by atoms with E-state index >= 15 is 0 Å². The molecule has 1 fully saturated rings. The molecule has 0 spiro atoms. The van der Waals surface area contributed by atoms with E-state index in [0.717, 1.165) is 19.3 Å². The van der Waals surface area contributed by atoms with E-state index < -0.39 is 58.8 Å². The fraction of sp³-hybridized carbons (Fsp3) is 0.645. The number of rotatable bonds is 14. The van der Waals surface area contributed by atoms with E-state index in [2.05, 4.69) is 24.1 Å². The molecule has 41 heavy (non-hydrogen) atoms. The van der Waals surface area contributed by atoms with Crippen molar-refractivity contribution in [3.63, 3.8) is 0 Å². The Morgan fingerprint density at radius 3 is 2.56 bits per heavy atom. The molecule has 9 nitrogen and oxygen atoms in total. The Hall–Kier alpha value is -2.72. The van der Waals surface area contributed by atoms with Crippen LogP contribution in [-0.4, -0.2) is 58.2 Å². The zero-order valence-electron chi connectivity index (χ0n) is 24.6. The summed E-state index contributed by atoms with van der Waals surface area (Å²) < 4.78 is 0. The van der Waals surface area contributed by atoms with Crippen LogP contribution >= 0.6 is 11.8 Å². The van der Waals surface area contributed by atoms with Gasteiger partial charge in [-0.3, -0.25) is 29.3 Å². The molecule has 0 aromatic carbocycles. The summed E-state index contributed by atoms with van der Waals surface area (Å²) in [6.07, 6.45) is 11.2. The minimum Gasteiger partial charge on any atom is -0.385 e. The van der Waals surface area contributed by atoms with Gasteiger partial charge in [0.2, 0.25) is 11.8 Å². The largest absolute Gasteiger partial charge is 0.385 e. The van der Waals surface area contributed by atoms with Gasteiger partial charge in [-0.05, 0) is 49.5 Å². The van der Waals surface area contributed by atoms with E-state index in [1.165, 1.54) is 0 Å². The second kappa shape index (κ2) is 14.0. The van der Waals surface area contributed by atoms with E-state index in [-0.39, 0.29) is 35.3 Å². The molecule has 0 radical (unpaired) electrons. The van der Waals surface area contributed by atoms with Gasteiger partial charge in [-0.15, -0.1) is 6.58 Å². The topological polar surface area (TPSA) is 156 Å². The zero-order valence-corrected chi connectivity index (χ0v) is 25.4. The fourth-order valence-electron chi connectivity index (χ4n) is 6.95. The first-order valence-electron chi connectivity index (χ1n) is 14.7. The first-order chi connectivity index (χ1) is 19.4. The molecule has 2 aliphatic carbocycles. The summed E-state index contributed by atoms with van der Waals surface area (Å²) in [5.74, 6) is -4.93. The number of unbranched alkanes of at least 4 members (excludes halogenated alkanes) is 2. The summed E-state index contributed by atoms with van der Waals surface area (Å²) >= 11 is 1.55. The van der Waals surface area contributed by atoms with Crippen molar-refractivity contribution in [2.24, 2.45) is 41.2 Å². The molecule has 226 valence electrons. The predicted octanol–water partition coefficient (Wildman–Crippen LogP) is 2.83. The predicted molar refractivity (Wildman–Crippen MR) is 159 cm³/mol. The summed E-state index contributed by atoms with van der Waals surface area (Å²) in [4.78, 5) is 65.3. The van der Waals surface area contributed by atoms with Crippen LogP contribution in [0, 0.1) is 35.5 Å². The van der Waals surface area contributed by atoms with Crippen molar-refractivity contribution < 1.29 is 29.1 Å². The molecule has 10 heteroatoms. The number of nitrogens with two attached hydrogens (primary N) is 1. The van der Waals surface area contributed by atoms with Crippen LogP contribution in [0.15, 0.2) is 36.0 Å². The molecular formula is C31H45N3O6S. The van der Waals surface area contributed by atoms with Crippen LogP contribution in [0.4, 0.5) is 0 Å². The first-order valence-corrected chi connectivity index (χ1v) is 16.1. The third kappa shape index (κ3) is 7.02. The maximum atomic E-state index is 14.2. The highest BCUT2D eigenvalue weighted by atomic mass is 32.2. The van der Waals surface area contributed by atoms with Crippen molar-refractivity contribution in [1.29, 1.82) is 0 Å². The number of amides is 4. The Morgan fingerprint density at radius 2 is 1.95 bits per heavy atom. The second-order valence-corrected chi connectivity index (χ2v) is 12.9. The average Bonchev–Trinajstić information content (AvgIpc) is 3.21. The molecule has 0 aromatic rings. The van der Waals surface area contributed by atoms with Gasteiger partial charge in [0.15, 0.2) is 5.78 Å². The molecule has 1 heterocycles. The van der Waals surface area contributed by atoms with Gasteiger partial charge in [-0.2, -0.15) is 11.8 Å². The lowest BCUT2D eigenvalue weighted by molar-refractivity contribution is -0.145. The van der Waals surface area contributed by atoms with Gasteiger partial charge in [0.25, 0.3) is 11.8 Å². The van der Waals surface area contributed by atoms with Gasteiger partial charge in [-0.1, -0.05) is 58.3 Å². The number of allylic oxidation sites excluding steroid dienone is 2. The number of hydrogen-bond acceptors (Lipinski definition) is 7. The summed E-state index contributed by atoms with van der Waals surface area (Å²) in [6, 6.07) is -0.798. The maximum Gasteiger partial charge on any atom is 0.262 e. The summed E-state index contributed by atoms with van der Waals surface area (Å²) in [5.41, 5.74) is 4.07. The Labute approximate surface area is 247 Å². The number of fused-ring (bicyclic) bond motifs is 1. The lowest BCUT2D eigenvalue weighted by Gasteiger charge is -2.51. The number of thioether (sulfide) groups is 1.